The van der Waals surface area contributed by atoms with Gasteiger partial charge in [-0.1, -0.05) is 18.2 Å². The second-order valence-electron chi connectivity index (χ2n) is 4.57. The highest BCUT2D eigenvalue weighted by Gasteiger charge is 2.25. The first-order chi connectivity index (χ1) is 8.36. The standard InChI is InChI=1S/C14H15ClOS/c15-14(10-4-3-7-16-8-10)12-9-17-13-6-2-1-5-11(12)13/h1-2,5-6,9-10,14H,3-4,7-8H2. The maximum Gasteiger partial charge on any atom is 0.0649 e. The van der Waals surface area contributed by atoms with Crippen LogP contribution in [0.5, 0.6) is 0 Å². The Morgan fingerprint density at radius 3 is 3.06 bits per heavy atom. The van der Waals surface area contributed by atoms with Gasteiger partial charge in [0.2, 0.25) is 0 Å². The van der Waals surface area contributed by atoms with E-state index in [4.69, 9.17) is 16.3 Å². The van der Waals surface area contributed by atoms with E-state index in [1.165, 1.54) is 22.1 Å². The number of benzene rings is 1. The van der Waals surface area contributed by atoms with Crippen molar-refractivity contribution in [2.45, 2.75) is 18.2 Å². The number of thiophene rings is 1. The van der Waals surface area contributed by atoms with Gasteiger partial charge in [-0.15, -0.1) is 22.9 Å². The third-order valence-electron chi connectivity index (χ3n) is 3.42. The van der Waals surface area contributed by atoms with Crippen molar-refractivity contribution in [3.8, 4) is 0 Å². The summed E-state index contributed by atoms with van der Waals surface area (Å²) in [5, 5.41) is 3.60. The third-order valence-corrected chi connectivity index (χ3v) is 4.99. The highest BCUT2D eigenvalue weighted by Crippen LogP contribution is 2.40. The minimum Gasteiger partial charge on any atom is -0.381 e. The summed E-state index contributed by atoms with van der Waals surface area (Å²) in [4.78, 5) is 0. The van der Waals surface area contributed by atoms with E-state index in [1.807, 2.05) is 0 Å². The molecule has 0 radical (unpaired) electrons. The van der Waals surface area contributed by atoms with Crippen LogP contribution in [0.3, 0.4) is 0 Å². The molecule has 2 aromatic rings. The Kier molecular flexibility index (Phi) is 3.37. The first kappa shape index (κ1) is 11.5. The van der Waals surface area contributed by atoms with Crippen molar-refractivity contribution in [1.29, 1.82) is 0 Å². The highest BCUT2D eigenvalue weighted by molar-refractivity contribution is 7.17. The zero-order valence-electron chi connectivity index (χ0n) is 9.56. The maximum atomic E-state index is 6.63. The van der Waals surface area contributed by atoms with E-state index < -0.39 is 0 Å². The van der Waals surface area contributed by atoms with E-state index >= 15 is 0 Å². The fraction of sp³-hybridized carbons (Fsp3) is 0.429. The first-order valence-corrected chi connectivity index (χ1v) is 7.36. The summed E-state index contributed by atoms with van der Waals surface area (Å²) < 4.78 is 6.86. The van der Waals surface area contributed by atoms with Gasteiger partial charge in [-0.3, -0.25) is 0 Å². The predicted molar refractivity (Wildman–Crippen MR) is 74.0 cm³/mol. The van der Waals surface area contributed by atoms with Gasteiger partial charge in [-0.05, 0) is 35.2 Å². The molecular weight excluding hydrogens is 252 g/mol. The van der Waals surface area contributed by atoms with Crippen LogP contribution in [0, 0.1) is 5.92 Å². The monoisotopic (exact) mass is 266 g/mol. The molecule has 0 amide bonds. The first-order valence-electron chi connectivity index (χ1n) is 6.04. The van der Waals surface area contributed by atoms with Crippen LogP contribution in [0.25, 0.3) is 10.1 Å². The lowest BCUT2D eigenvalue weighted by Crippen LogP contribution is -2.21. The molecule has 90 valence electrons. The quantitative estimate of drug-likeness (QED) is 0.722. The van der Waals surface area contributed by atoms with Gasteiger partial charge in [0, 0.05) is 17.2 Å². The Morgan fingerprint density at radius 1 is 1.35 bits per heavy atom. The average molecular weight is 267 g/mol. The summed E-state index contributed by atoms with van der Waals surface area (Å²) in [7, 11) is 0. The molecule has 1 nitrogen and oxygen atoms in total. The lowest BCUT2D eigenvalue weighted by Gasteiger charge is -2.26. The van der Waals surface area contributed by atoms with Gasteiger partial charge >= 0.3 is 0 Å². The van der Waals surface area contributed by atoms with Gasteiger partial charge in [-0.25, -0.2) is 0 Å². The van der Waals surface area contributed by atoms with E-state index in [0.717, 1.165) is 19.6 Å². The number of rotatable bonds is 2. The molecule has 17 heavy (non-hydrogen) atoms. The van der Waals surface area contributed by atoms with Gasteiger partial charge in [0.05, 0.1) is 12.0 Å². The van der Waals surface area contributed by atoms with Crippen molar-refractivity contribution < 1.29 is 4.74 Å². The molecule has 0 bridgehead atoms. The van der Waals surface area contributed by atoms with E-state index in [0.29, 0.717) is 5.92 Å². The molecule has 1 aromatic heterocycles. The molecule has 3 heteroatoms. The molecule has 3 rings (SSSR count). The second kappa shape index (κ2) is 4.97. The zero-order chi connectivity index (χ0) is 11.7. The Hall–Kier alpha value is -0.570. The molecule has 2 atom stereocenters. The van der Waals surface area contributed by atoms with Crippen molar-refractivity contribution in [2.24, 2.45) is 5.92 Å². The predicted octanol–water partition coefficient (Wildman–Crippen LogP) is 4.61. The third kappa shape index (κ3) is 2.22. The fourth-order valence-corrected chi connectivity index (χ4v) is 3.91. The van der Waals surface area contributed by atoms with Crippen LogP contribution in [-0.2, 0) is 4.74 Å². The lowest BCUT2D eigenvalue weighted by molar-refractivity contribution is 0.0533. The lowest BCUT2D eigenvalue weighted by atomic mass is 9.93. The van der Waals surface area contributed by atoms with Crippen molar-refractivity contribution in [2.75, 3.05) is 13.2 Å². The second-order valence-corrected chi connectivity index (χ2v) is 5.95. The Morgan fingerprint density at radius 2 is 2.24 bits per heavy atom. The summed E-state index contributed by atoms with van der Waals surface area (Å²) in [6, 6.07) is 8.49. The number of ether oxygens (including phenoxy) is 1. The van der Waals surface area contributed by atoms with Gasteiger partial charge < -0.3 is 4.74 Å². The highest BCUT2D eigenvalue weighted by atomic mass is 35.5. The summed E-state index contributed by atoms with van der Waals surface area (Å²) in [6.07, 6.45) is 2.31. The number of fused-ring (bicyclic) bond motifs is 1. The number of halogens is 1. The number of hydrogen-bond donors (Lipinski definition) is 0. The number of alkyl halides is 1. The van der Waals surface area contributed by atoms with Crippen LogP contribution < -0.4 is 0 Å². The van der Waals surface area contributed by atoms with E-state index in [1.54, 1.807) is 11.3 Å². The largest absolute Gasteiger partial charge is 0.381 e. The molecule has 2 unspecified atom stereocenters. The van der Waals surface area contributed by atoms with E-state index in [9.17, 15) is 0 Å². The Balaban J connectivity index is 1.92. The van der Waals surface area contributed by atoms with E-state index in [-0.39, 0.29) is 5.38 Å². The molecule has 1 aliphatic rings. The molecule has 1 saturated heterocycles. The zero-order valence-corrected chi connectivity index (χ0v) is 11.1. The molecule has 0 saturated carbocycles. The molecule has 1 aromatic carbocycles. The normalized spacial score (nSPS) is 22.8. The van der Waals surface area contributed by atoms with Crippen LogP contribution in [0.1, 0.15) is 23.8 Å². The van der Waals surface area contributed by atoms with Crippen LogP contribution in [-0.4, -0.2) is 13.2 Å². The van der Waals surface area contributed by atoms with E-state index in [2.05, 4.69) is 29.6 Å². The van der Waals surface area contributed by atoms with Crippen molar-refractivity contribution in [1.82, 2.24) is 0 Å². The van der Waals surface area contributed by atoms with Gasteiger partial charge in [-0.2, -0.15) is 0 Å². The SMILES string of the molecule is ClC(c1csc2ccccc12)C1CCCOC1. The van der Waals surface area contributed by atoms with Gasteiger partial charge in [0.15, 0.2) is 0 Å². The molecule has 1 fully saturated rings. The molecule has 0 aliphatic carbocycles. The average Bonchev–Trinajstić information content (AvgIpc) is 2.83. The van der Waals surface area contributed by atoms with Crippen LogP contribution in [0.2, 0.25) is 0 Å². The molecule has 1 aliphatic heterocycles. The summed E-state index contributed by atoms with van der Waals surface area (Å²) in [5.74, 6) is 0.462. The maximum absolute atomic E-state index is 6.63. The van der Waals surface area contributed by atoms with Gasteiger partial charge in [0.25, 0.3) is 0 Å². The minimum atomic E-state index is 0.0893. The molecule has 0 N–H and O–H groups in total. The van der Waals surface area contributed by atoms with Crippen molar-refractivity contribution in [3.63, 3.8) is 0 Å². The van der Waals surface area contributed by atoms with Crippen LogP contribution >= 0.6 is 22.9 Å². The molecule has 2 heterocycles. The molecular formula is C14H15ClOS. The topological polar surface area (TPSA) is 9.23 Å². The smallest absolute Gasteiger partial charge is 0.0649 e. The van der Waals surface area contributed by atoms with Crippen molar-refractivity contribution in [3.05, 3.63) is 35.2 Å². The summed E-state index contributed by atoms with van der Waals surface area (Å²) in [5.41, 5.74) is 1.28. The number of hydrogen-bond acceptors (Lipinski definition) is 2. The fourth-order valence-electron chi connectivity index (χ4n) is 2.46. The minimum absolute atomic E-state index is 0.0893. The Bertz CT molecular complexity index is 502. The summed E-state index contributed by atoms with van der Waals surface area (Å²) in [6.45, 7) is 1.70. The van der Waals surface area contributed by atoms with Crippen LogP contribution in [0.4, 0.5) is 0 Å². The van der Waals surface area contributed by atoms with Crippen LogP contribution in [0.15, 0.2) is 29.6 Å². The Labute approximate surface area is 110 Å². The van der Waals surface area contributed by atoms with Crippen molar-refractivity contribution >= 4 is 33.0 Å². The van der Waals surface area contributed by atoms with Gasteiger partial charge in [0.1, 0.15) is 0 Å². The molecule has 0 spiro atoms. The summed E-state index contributed by atoms with van der Waals surface area (Å²) >= 11 is 8.41.